The van der Waals surface area contributed by atoms with E-state index in [9.17, 15) is 9.90 Å². The van der Waals surface area contributed by atoms with Crippen LogP contribution in [-0.4, -0.2) is 23.4 Å². The molecule has 0 aliphatic heterocycles. The summed E-state index contributed by atoms with van der Waals surface area (Å²) in [5.74, 6) is -0.186. The van der Waals surface area contributed by atoms with Gasteiger partial charge in [-0.25, -0.2) is 4.79 Å². The zero-order chi connectivity index (χ0) is 16.7. The van der Waals surface area contributed by atoms with Crippen LogP contribution in [0.3, 0.4) is 0 Å². The smallest absolute Gasteiger partial charge is 0.383 e. The lowest BCUT2D eigenvalue weighted by Gasteiger charge is -2.11. The molecule has 6 heteroatoms. The van der Waals surface area contributed by atoms with Gasteiger partial charge in [-0.2, -0.15) is 0 Å². The van der Waals surface area contributed by atoms with Crippen LogP contribution < -0.4 is 15.1 Å². The third-order valence-corrected chi connectivity index (χ3v) is 3.16. The predicted molar refractivity (Wildman–Crippen MR) is 86.0 cm³/mol. The first-order valence-corrected chi connectivity index (χ1v) is 7.53. The second-order valence-electron chi connectivity index (χ2n) is 4.87. The summed E-state index contributed by atoms with van der Waals surface area (Å²) in [4.78, 5) is 11.9. The van der Waals surface area contributed by atoms with Gasteiger partial charge in [0.1, 0.15) is 16.7 Å². The molecular formula is C17H20O6. The Bertz CT molecular complexity index is 732. The van der Waals surface area contributed by atoms with E-state index in [4.69, 9.17) is 19.0 Å². The number of aliphatic hydroxyl groups is 1. The number of fused-ring (bicyclic) bond motifs is 1. The Balaban J connectivity index is 2.39. The van der Waals surface area contributed by atoms with Gasteiger partial charge in [-0.3, -0.25) is 0 Å². The van der Waals surface area contributed by atoms with Crippen molar-refractivity contribution in [2.45, 2.75) is 26.2 Å². The fourth-order valence-electron chi connectivity index (χ4n) is 2.02. The van der Waals surface area contributed by atoms with E-state index in [-0.39, 0.29) is 29.1 Å². The van der Waals surface area contributed by atoms with Crippen molar-refractivity contribution in [1.29, 1.82) is 0 Å². The lowest BCUT2D eigenvalue weighted by Crippen LogP contribution is -2.05. The second-order valence-corrected chi connectivity index (χ2v) is 4.87. The predicted octanol–water partition coefficient (Wildman–Crippen LogP) is 2.95. The van der Waals surface area contributed by atoms with E-state index in [0.29, 0.717) is 25.2 Å². The SMILES string of the molecule is CCC=COc1c(O)c2c(OCCCCO)cccc2oc1=O. The van der Waals surface area contributed by atoms with Crippen LogP contribution in [-0.2, 0) is 0 Å². The molecule has 1 aromatic carbocycles. The summed E-state index contributed by atoms with van der Waals surface area (Å²) >= 11 is 0. The average Bonchev–Trinajstić information content (AvgIpc) is 2.54. The van der Waals surface area contributed by atoms with Crippen molar-refractivity contribution in [3.8, 4) is 17.2 Å². The lowest BCUT2D eigenvalue weighted by atomic mass is 10.2. The monoisotopic (exact) mass is 320 g/mol. The molecule has 0 unspecified atom stereocenters. The van der Waals surface area contributed by atoms with Crippen LogP contribution in [0.25, 0.3) is 11.0 Å². The minimum Gasteiger partial charge on any atom is -0.503 e. The van der Waals surface area contributed by atoms with Gasteiger partial charge in [0.05, 0.1) is 12.9 Å². The second kappa shape index (κ2) is 8.24. The summed E-state index contributed by atoms with van der Waals surface area (Å²) in [6, 6.07) is 4.92. The molecule has 2 aromatic rings. The van der Waals surface area contributed by atoms with Crippen molar-refractivity contribution in [3.63, 3.8) is 0 Å². The molecular weight excluding hydrogens is 300 g/mol. The van der Waals surface area contributed by atoms with Crippen LogP contribution in [0.15, 0.2) is 39.7 Å². The molecule has 0 radical (unpaired) electrons. The summed E-state index contributed by atoms with van der Waals surface area (Å²) in [5, 5.41) is 19.4. The molecule has 23 heavy (non-hydrogen) atoms. The highest BCUT2D eigenvalue weighted by molar-refractivity contribution is 5.91. The number of aliphatic hydroxyl groups excluding tert-OH is 1. The maximum Gasteiger partial charge on any atom is 0.383 e. The normalized spacial score (nSPS) is 11.2. The van der Waals surface area contributed by atoms with Gasteiger partial charge in [0.2, 0.25) is 0 Å². The van der Waals surface area contributed by atoms with Crippen LogP contribution in [0, 0.1) is 0 Å². The Hall–Kier alpha value is -2.47. The molecule has 6 nitrogen and oxygen atoms in total. The van der Waals surface area contributed by atoms with Crippen molar-refractivity contribution in [2.24, 2.45) is 0 Å². The number of rotatable bonds is 8. The molecule has 0 bridgehead atoms. The zero-order valence-corrected chi connectivity index (χ0v) is 12.9. The van der Waals surface area contributed by atoms with E-state index in [1.165, 1.54) is 6.26 Å². The Kier molecular flexibility index (Phi) is 6.05. The molecule has 0 aliphatic carbocycles. The molecule has 0 spiro atoms. The third-order valence-electron chi connectivity index (χ3n) is 3.16. The van der Waals surface area contributed by atoms with E-state index in [1.807, 2.05) is 6.92 Å². The van der Waals surface area contributed by atoms with Crippen LogP contribution in [0.2, 0.25) is 0 Å². The largest absolute Gasteiger partial charge is 0.503 e. The Morgan fingerprint density at radius 1 is 1.30 bits per heavy atom. The number of unbranched alkanes of at least 4 members (excludes halogenated alkanes) is 1. The lowest BCUT2D eigenvalue weighted by molar-refractivity contribution is 0.254. The molecule has 0 saturated heterocycles. The Morgan fingerprint density at radius 3 is 2.87 bits per heavy atom. The minimum absolute atomic E-state index is 0.0980. The molecule has 2 rings (SSSR count). The number of benzene rings is 1. The van der Waals surface area contributed by atoms with Gasteiger partial charge in [-0.1, -0.05) is 13.0 Å². The number of allylic oxidation sites excluding steroid dienone is 1. The van der Waals surface area contributed by atoms with Crippen LogP contribution >= 0.6 is 0 Å². The number of aromatic hydroxyl groups is 1. The fourth-order valence-corrected chi connectivity index (χ4v) is 2.02. The molecule has 0 atom stereocenters. The molecule has 0 fully saturated rings. The van der Waals surface area contributed by atoms with Gasteiger partial charge in [-0.15, -0.1) is 0 Å². The van der Waals surface area contributed by atoms with E-state index in [0.717, 1.165) is 6.42 Å². The van der Waals surface area contributed by atoms with Crippen molar-refractivity contribution in [2.75, 3.05) is 13.2 Å². The van der Waals surface area contributed by atoms with E-state index >= 15 is 0 Å². The summed E-state index contributed by atoms with van der Waals surface area (Å²) in [6.07, 6.45) is 5.08. The van der Waals surface area contributed by atoms with E-state index in [2.05, 4.69) is 0 Å². The highest BCUT2D eigenvalue weighted by Gasteiger charge is 2.18. The maximum absolute atomic E-state index is 11.9. The molecule has 124 valence electrons. The Morgan fingerprint density at radius 2 is 2.13 bits per heavy atom. The number of hydrogen-bond donors (Lipinski definition) is 2. The van der Waals surface area contributed by atoms with Gasteiger partial charge in [0, 0.05) is 6.61 Å². The van der Waals surface area contributed by atoms with Gasteiger partial charge in [0.15, 0.2) is 5.75 Å². The van der Waals surface area contributed by atoms with Gasteiger partial charge in [-0.05, 0) is 37.5 Å². The quantitative estimate of drug-likeness (QED) is 0.441. The molecule has 2 N–H and O–H groups in total. The van der Waals surface area contributed by atoms with Gasteiger partial charge >= 0.3 is 5.63 Å². The molecule has 1 heterocycles. The van der Waals surface area contributed by atoms with Gasteiger partial charge in [0.25, 0.3) is 5.75 Å². The van der Waals surface area contributed by atoms with Gasteiger partial charge < -0.3 is 24.1 Å². The summed E-state index contributed by atoms with van der Waals surface area (Å²) in [6.45, 7) is 2.39. The number of ether oxygens (including phenoxy) is 2. The summed E-state index contributed by atoms with van der Waals surface area (Å²) in [5.41, 5.74) is -0.535. The molecule has 0 aliphatic rings. The summed E-state index contributed by atoms with van der Waals surface area (Å²) < 4.78 is 16.0. The van der Waals surface area contributed by atoms with Crippen molar-refractivity contribution >= 4 is 11.0 Å². The fraction of sp³-hybridized carbons (Fsp3) is 0.353. The van der Waals surface area contributed by atoms with Crippen molar-refractivity contribution in [3.05, 3.63) is 41.0 Å². The highest BCUT2D eigenvalue weighted by atomic mass is 16.5. The first-order chi connectivity index (χ1) is 11.2. The van der Waals surface area contributed by atoms with Crippen LogP contribution in [0.4, 0.5) is 0 Å². The number of hydrogen-bond acceptors (Lipinski definition) is 6. The Labute approximate surface area is 133 Å². The topological polar surface area (TPSA) is 89.1 Å². The highest BCUT2D eigenvalue weighted by Crippen LogP contribution is 2.37. The molecule has 0 saturated carbocycles. The third kappa shape index (κ3) is 4.04. The summed E-state index contributed by atoms with van der Waals surface area (Å²) in [7, 11) is 0. The zero-order valence-electron chi connectivity index (χ0n) is 12.9. The first-order valence-electron chi connectivity index (χ1n) is 7.53. The molecule has 0 amide bonds. The van der Waals surface area contributed by atoms with Crippen molar-refractivity contribution in [1.82, 2.24) is 0 Å². The van der Waals surface area contributed by atoms with E-state index < -0.39 is 5.63 Å². The minimum atomic E-state index is -0.756. The first kappa shape index (κ1) is 16.9. The van der Waals surface area contributed by atoms with E-state index in [1.54, 1.807) is 24.3 Å². The van der Waals surface area contributed by atoms with Crippen LogP contribution in [0.5, 0.6) is 17.2 Å². The molecule has 1 aromatic heterocycles. The average molecular weight is 320 g/mol. The standard InChI is InChI=1S/C17H20O6/c1-2-3-10-22-16-15(19)14-12(21-11-5-4-9-18)7-6-8-13(14)23-17(16)20/h3,6-8,10,18-19H,2,4-5,9,11H2,1H3. The van der Waals surface area contributed by atoms with Crippen molar-refractivity contribution < 1.29 is 24.1 Å². The maximum atomic E-state index is 11.9. The van der Waals surface area contributed by atoms with Crippen LogP contribution in [0.1, 0.15) is 26.2 Å².